The Morgan fingerprint density at radius 1 is 1.38 bits per heavy atom. The fraction of sp³-hybridized carbons (Fsp3) is 0.412. The van der Waals surface area contributed by atoms with E-state index in [1.54, 1.807) is 13.8 Å². The summed E-state index contributed by atoms with van der Waals surface area (Å²) in [5.74, 6) is -0.429. The van der Waals surface area contributed by atoms with Crippen molar-refractivity contribution in [3.8, 4) is 15.5 Å². The van der Waals surface area contributed by atoms with Crippen LogP contribution in [0.5, 0.6) is 0 Å². The first-order chi connectivity index (χ1) is 11.3. The van der Waals surface area contributed by atoms with E-state index in [2.05, 4.69) is 11.1 Å². The summed E-state index contributed by atoms with van der Waals surface area (Å²) >= 11 is 1.16. The summed E-state index contributed by atoms with van der Waals surface area (Å²) in [4.78, 5) is 28.9. The molecule has 0 amide bonds. The van der Waals surface area contributed by atoms with Crippen molar-refractivity contribution in [3.05, 3.63) is 26.6 Å². The molecule has 0 aromatic carbocycles. The SMILES string of the molecule is CC(=O)C(C)OC(=O)c1[se]c(-c2scc(C(C)C)c2C#N)nc1C. The number of ether oxygens (including phenoxy) is 1. The number of Topliss-reactive ketones (excluding diaryl/α,β-unsaturated/α-hetero) is 1. The van der Waals surface area contributed by atoms with Gasteiger partial charge in [-0.3, -0.25) is 0 Å². The summed E-state index contributed by atoms with van der Waals surface area (Å²) < 4.78 is 6.47. The average Bonchev–Trinajstić information content (AvgIpc) is 3.09. The number of ketones is 1. The van der Waals surface area contributed by atoms with Gasteiger partial charge in [-0.05, 0) is 0 Å². The molecule has 0 saturated heterocycles. The van der Waals surface area contributed by atoms with Crippen LogP contribution in [0.2, 0.25) is 0 Å². The van der Waals surface area contributed by atoms with Gasteiger partial charge in [-0.1, -0.05) is 0 Å². The van der Waals surface area contributed by atoms with E-state index in [0.29, 0.717) is 15.7 Å². The van der Waals surface area contributed by atoms with Crippen LogP contribution in [0.15, 0.2) is 5.38 Å². The maximum atomic E-state index is 12.3. The zero-order valence-electron chi connectivity index (χ0n) is 14.2. The van der Waals surface area contributed by atoms with Gasteiger partial charge in [0.2, 0.25) is 0 Å². The van der Waals surface area contributed by atoms with Gasteiger partial charge in [-0.2, -0.15) is 0 Å². The summed E-state index contributed by atoms with van der Waals surface area (Å²) in [6, 6.07) is 2.27. The number of carbonyl (C=O) groups is 2. The molecule has 0 fully saturated rings. The van der Waals surface area contributed by atoms with Crippen LogP contribution >= 0.6 is 11.3 Å². The number of nitrogens with zero attached hydrogens (tertiary/aromatic N) is 2. The van der Waals surface area contributed by atoms with Gasteiger partial charge >= 0.3 is 151 Å². The van der Waals surface area contributed by atoms with Crippen molar-refractivity contribution in [1.82, 2.24) is 4.98 Å². The Morgan fingerprint density at radius 3 is 2.58 bits per heavy atom. The minimum absolute atomic E-state index is 0.195. The van der Waals surface area contributed by atoms with Crippen molar-refractivity contribution >= 4 is 37.6 Å². The maximum absolute atomic E-state index is 12.3. The van der Waals surface area contributed by atoms with Crippen LogP contribution in [-0.4, -0.2) is 37.3 Å². The van der Waals surface area contributed by atoms with E-state index in [9.17, 15) is 14.9 Å². The van der Waals surface area contributed by atoms with Gasteiger partial charge < -0.3 is 0 Å². The molecule has 0 aliphatic rings. The number of hydrogen-bond donors (Lipinski definition) is 0. The zero-order valence-corrected chi connectivity index (χ0v) is 16.7. The summed E-state index contributed by atoms with van der Waals surface area (Å²) in [7, 11) is 0. The molecule has 2 heterocycles. The number of thiophene rings is 1. The van der Waals surface area contributed by atoms with Crippen molar-refractivity contribution in [2.24, 2.45) is 0 Å². The van der Waals surface area contributed by atoms with Crippen LogP contribution in [0.4, 0.5) is 0 Å². The number of esters is 1. The van der Waals surface area contributed by atoms with Crippen molar-refractivity contribution in [3.63, 3.8) is 0 Å². The van der Waals surface area contributed by atoms with Crippen LogP contribution in [-0.2, 0) is 9.53 Å². The fourth-order valence-electron chi connectivity index (χ4n) is 2.05. The number of hydrogen-bond acceptors (Lipinski definition) is 6. The average molecular weight is 409 g/mol. The fourth-order valence-corrected chi connectivity index (χ4v) is 5.51. The Hall–Kier alpha value is -1.74. The summed E-state index contributed by atoms with van der Waals surface area (Å²) in [5, 5.41) is 11.5. The molecule has 1 unspecified atom stereocenters. The van der Waals surface area contributed by atoms with Crippen molar-refractivity contribution in [2.45, 2.75) is 46.6 Å². The quantitative estimate of drug-likeness (QED) is 0.559. The van der Waals surface area contributed by atoms with E-state index in [0.717, 1.165) is 15.0 Å². The summed E-state index contributed by atoms with van der Waals surface area (Å²) in [5.41, 5.74) is 2.26. The third kappa shape index (κ3) is 3.67. The second-order valence-electron chi connectivity index (χ2n) is 5.75. The van der Waals surface area contributed by atoms with Crippen molar-refractivity contribution < 1.29 is 14.3 Å². The van der Waals surface area contributed by atoms with Gasteiger partial charge in [0.25, 0.3) is 0 Å². The monoisotopic (exact) mass is 410 g/mol. The first-order valence-corrected chi connectivity index (χ1v) is 10.1. The van der Waals surface area contributed by atoms with Crippen LogP contribution < -0.4 is 0 Å². The molecule has 5 nitrogen and oxygen atoms in total. The molecular weight excluding hydrogens is 391 g/mol. The number of aromatic nitrogens is 1. The molecule has 0 radical (unpaired) electrons. The number of nitriles is 1. The van der Waals surface area contributed by atoms with E-state index < -0.39 is 12.1 Å². The molecule has 2 aromatic rings. The molecule has 0 bridgehead atoms. The third-order valence-electron chi connectivity index (χ3n) is 3.59. The zero-order chi connectivity index (χ0) is 18.0. The predicted octanol–water partition coefficient (Wildman–Crippen LogP) is 3.30. The molecule has 2 aromatic heterocycles. The number of rotatable bonds is 5. The molecule has 0 aliphatic carbocycles. The molecule has 0 N–H and O–H groups in total. The number of aryl methyl sites for hydroxylation is 1. The molecule has 0 saturated carbocycles. The van der Waals surface area contributed by atoms with E-state index >= 15 is 0 Å². The van der Waals surface area contributed by atoms with Gasteiger partial charge in [0.15, 0.2) is 0 Å². The van der Waals surface area contributed by atoms with Gasteiger partial charge in [-0.15, -0.1) is 0 Å². The predicted molar refractivity (Wildman–Crippen MR) is 93.6 cm³/mol. The minimum atomic E-state index is -0.762. The van der Waals surface area contributed by atoms with Crippen molar-refractivity contribution in [1.29, 1.82) is 5.26 Å². The Morgan fingerprint density at radius 2 is 2.04 bits per heavy atom. The van der Waals surface area contributed by atoms with Crippen LogP contribution in [0.1, 0.15) is 59.7 Å². The molecule has 24 heavy (non-hydrogen) atoms. The molecular formula is C17H18N2O3SSe. The summed E-state index contributed by atoms with van der Waals surface area (Å²) in [6.45, 7) is 8.79. The number of carbonyl (C=O) groups excluding carboxylic acids is 2. The van der Waals surface area contributed by atoms with E-state index in [1.807, 2.05) is 19.2 Å². The Kier molecular flexibility index (Phi) is 5.76. The van der Waals surface area contributed by atoms with E-state index in [4.69, 9.17) is 4.74 Å². The van der Waals surface area contributed by atoms with Crippen LogP contribution in [0, 0.1) is 18.3 Å². The normalized spacial score (nSPS) is 12.0. The van der Waals surface area contributed by atoms with Gasteiger partial charge in [0.1, 0.15) is 0 Å². The molecule has 1 atom stereocenters. The second-order valence-corrected chi connectivity index (χ2v) is 8.73. The topological polar surface area (TPSA) is 80.0 Å². The Bertz CT molecular complexity index is 829. The van der Waals surface area contributed by atoms with Gasteiger partial charge in [0.05, 0.1) is 0 Å². The molecule has 7 heteroatoms. The van der Waals surface area contributed by atoms with Gasteiger partial charge in [0, 0.05) is 0 Å². The van der Waals surface area contributed by atoms with Crippen LogP contribution in [0.3, 0.4) is 0 Å². The van der Waals surface area contributed by atoms with Crippen LogP contribution in [0.25, 0.3) is 9.44 Å². The first-order valence-electron chi connectivity index (χ1n) is 7.47. The standard InChI is InChI=1S/C17H18N2O3SSe/c1-8(2)13-7-23-14(12(13)6-18)16-19-9(3)15(24-16)17(21)22-11(5)10(4)20/h7-8,11H,1-5H3. The van der Waals surface area contributed by atoms with Gasteiger partial charge in [-0.25, -0.2) is 0 Å². The van der Waals surface area contributed by atoms with Crippen molar-refractivity contribution in [2.75, 3.05) is 0 Å². The van der Waals surface area contributed by atoms with E-state index in [1.165, 1.54) is 18.3 Å². The molecule has 0 spiro atoms. The molecule has 2 rings (SSSR count). The Labute approximate surface area is 151 Å². The molecule has 0 aliphatic heterocycles. The molecule has 126 valence electrons. The van der Waals surface area contributed by atoms with E-state index in [-0.39, 0.29) is 26.2 Å². The summed E-state index contributed by atoms with van der Waals surface area (Å²) in [6.07, 6.45) is -0.762. The first kappa shape index (κ1) is 18.6. The second kappa shape index (κ2) is 7.43. The Balaban J connectivity index is 2.38. The third-order valence-corrected chi connectivity index (χ3v) is 7.31.